The highest BCUT2D eigenvalue weighted by Gasteiger charge is 2.36. The third kappa shape index (κ3) is 2.91. The zero-order valence-corrected chi connectivity index (χ0v) is 12.1. The molecule has 1 amide bonds. The Hall–Kier alpha value is -1.66. The summed E-state index contributed by atoms with van der Waals surface area (Å²) in [5, 5.41) is 3.03. The molecule has 1 aliphatic rings. The van der Waals surface area contributed by atoms with E-state index < -0.39 is 0 Å². The van der Waals surface area contributed by atoms with E-state index in [4.69, 9.17) is 5.84 Å². The van der Waals surface area contributed by atoms with Crippen LogP contribution in [-0.2, 0) is 0 Å². The first-order chi connectivity index (χ1) is 9.59. The highest BCUT2D eigenvalue weighted by atomic mass is 16.1. The number of aromatic nitrogens is 1. The van der Waals surface area contributed by atoms with E-state index >= 15 is 0 Å². The van der Waals surface area contributed by atoms with Crippen molar-refractivity contribution in [1.82, 2.24) is 15.2 Å². The van der Waals surface area contributed by atoms with Crippen LogP contribution in [0, 0.1) is 0 Å². The van der Waals surface area contributed by atoms with Gasteiger partial charge in [0.25, 0.3) is 5.91 Å². The molecule has 0 spiro atoms. The van der Waals surface area contributed by atoms with Gasteiger partial charge < -0.3 is 15.6 Å². The lowest BCUT2D eigenvalue weighted by Gasteiger charge is -2.36. The highest BCUT2D eigenvalue weighted by Crippen LogP contribution is 2.33. The molecule has 1 fully saturated rings. The molecular weight excluding hydrogens is 254 g/mol. The van der Waals surface area contributed by atoms with Gasteiger partial charge >= 0.3 is 0 Å². The van der Waals surface area contributed by atoms with Gasteiger partial charge in [-0.15, -0.1) is 0 Å². The van der Waals surface area contributed by atoms with Crippen molar-refractivity contribution in [3.8, 4) is 0 Å². The monoisotopic (exact) mass is 277 g/mol. The van der Waals surface area contributed by atoms with Gasteiger partial charge in [0, 0.05) is 18.3 Å². The number of nitrogens with zero attached hydrogens (tertiary/aromatic N) is 2. The molecule has 1 aromatic heterocycles. The van der Waals surface area contributed by atoms with Gasteiger partial charge in [0.1, 0.15) is 0 Å². The van der Waals surface area contributed by atoms with Gasteiger partial charge in [-0.25, -0.2) is 0 Å². The first-order valence-corrected chi connectivity index (χ1v) is 6.95. The summed E-state index contributed by atoms with van der Waals surface area (Å²) in [5.41, 5.74) is 3.65. The molecule has 1 heterocycles. The number of amides is 1. The standard InChI is InChI=1S/C14H23N5O/c1-19(2)14(6-3-4-7-14)10-17-13(20)11-5-8-16-9-12(11)18-15/h5,8-9,18H,3-4,6-7,10,15H2,1-2H3,(H,17,20). The third-order valence-corrected chi connectivity index (χ3v) is 4.28. The summed E-state index contributed by atoms with van der Waals surface area (Å²) in [6, 6.07) is 1.67. The Morgan fingerprint density at radius 3 is 2.75 bits per heavy atom. The Labute approximate surface area is 119 Å². The summed E-state index contributed by atoms with van der Waals surface area (Å²) in [7, 11) is 4.16. The quantitative estimate of drug-likeness (QED) is 0.552. The number of pyridine rings is 1. The van der Waals surface area contributed by atoms with Gasteiger partial charge in [-0.1, -0.05) is 12.8 Å². The zero-order chi connectivity index (χ0) is 14.6. The van der Waals surface area contributed by atoms with Crippen LogP contribution in [0.15, 0.2) is 18.5 Å². The SMILES string of the molecule is CN(C)C1(CNC(=O)c2ccncc2NN)CCCC1. The van der Waals surface area contributed by atoms with Crippen LogP contribution >= 0.6 is 0 Å². The number of nitrogens with one attached hydrogen (secondary N) is 2. The molecule has 0 radical (unpaired) electrons. The minimum Gasteiger partial charge on any atom is -0.350 e. The van der Waals surface area contributed by atoms with Crippen molar-refractivity contribution in [3.05, 3.63) is 24.0 Å². The van der Waals surface area contributed by atoms with Crippen LogP contribution in [0.1, 0.15) is 36.0 Å². The fraction of sp³-hybridized carbons (Fsp3) is 0.571. The molecule has 6 heteroatoms. The summed E-state index contributed by atoms with van der Waals surface area (Å²) in [6.45, 7) is 0.658. The van der Waals surface area contributed by atoms with Crippen LogP contribution in [0.2, 0.25) is 0 Å². The molecule has 1 saturated carbocycles. The second kappa shape index (κ2) is 6.19. The van der Waals surface area contributed by atoms with Crippen LogP contribution in [0.3, 0.4) is 0 Å². The van der Waals surface area contributed by atoms with E-state index in [-0.39, 0.29) is 11.4 Å². The van der Waals surface area contributed by atoms with Crippen LogP contribution in [0.25, 0.3) is 0 Å². The Bertz CT molecular complexity index is 468. The Balaban J connectivity index is 2.05. The number of carbonyl (C=O) groups is 1. The molecule has 2 rings (SSSR count). The minimum absolute atomic E-state index is 0.0823. The summed E-state index contributed by atoms with van der Waals surface area (Å²) < 4.78 is 0. The minimum atomic E-state index is -0.117. The maximum Gasteiger partial charge on any atom is 0.253 e. The molecule has 0 atom stereocenters. The number of rotatable bonds is 5. The largest absolute Gasteiger partial charge is 0.350 e. The first-order valence-electron chi connectivity index (χ1n) is 6.95. The van der Waals surface area contributed by atoms with E-state index in [2.05, 4.69) is 34.7 Å². The number of hydrogen-bond acceptors (Lipinski definition) is 5. The van der Waals surface area contributed by atoms with Gasteiger partial charge in [0.05, 0.1) is 17.4 Å². The summed E-state index contributed by atoms with van der Waals surface area (Å²) >= 11 is 0. The van der Waals surface area contributed by atoms with E-state index in [1.165, 1.54) is 12.8 Å². The smallest absolute Gasteiger partial charge is 0.253 e. The van der Waals surface area contributed by atoms with E-state index in [0.29, 0.717) is 17.8 Å². The lowest BCUT2D eigenvalue weighted by molar-refractivity contribution is 0.0900. The van der Waals surface area contributed by atoms with E-state index in [0.717, 1.165) is 12.8 Å². The third-order valence-electron chi connectivity index (χ3n) is 4.28. The van der Waals surface area contributed by atoms with Crippen LogP contribution in [0.5, 0.6) is 0 Å². The number of carbonyl (C=O) groups excluding carboxylic acids is 1. The molecule has 0 aliphatic heterocycles. The van der Waals surface area contributed by atoms with E-state index in [1.807, 2.05) is 0 Å². The second-order valence-electron chi connectivity index (χ2n) is 5.57. The maximum absolute atomic E-state index is 12.3. The summed E-state index contributed by atoms with van der Waals surface area (Å²) in [4.78, 5) is 18.5. The maximum atomic E-state index is 12.3. The molecule has 110 valence electrons. The van der Waals surface area contributed by atoms with Crippen molar-refractivity contribution in [1.29, 1.82) is 0 Å². The summed E-state index contributed by atoms with van der Waals surface area (Å²) in [5.74, 6) is 5.29. The van der Waals surface area contributed by atoms with E-state index in [1.54, 1.807) is 18.5 Å². The molecule has 1 aliphatic carbocycles. The van der Waals surface area contributed by atoms with Crippen molar-refractivity contribution in [3.63, 3.8) is 0 Å². The molecular formula is C14H23N5O. The van der Waals surface area contributed by atoms with Crippen molar-refractivity contribution < 1.29 is 4.79 Å². The van der Waals surface area contributed by atoms with Gasteiger partial charge in [-0.2, -0.15) is 0 Å². The second-order valence-corrected chi connectivity index (χ2v) is 5.57. The lowest BCUT2D eigenvalue weighted by Crippen LogP contribution is -2.50. The number of hydrogen-bond donors (Lipinski definition) is 3. The predicted octanol–water partition coefficient (Wildman–Crippen LogP) is 0.971. The molecule has 0 bridgehead atoms. The first kappa shape index (κ1) is 14.7. The molecule has 6 nitrogen and oxygen atoms in total. The Kier molecular flexibility index (Phi) is 4.57. The molecule has 4 N–H and O–H groups in total. The average molecular weight is 277 g/mol. The predicted molar refractivity (Wildman–Crippen MR) is 79.3 cm³/mol. The van der Waals surface area contributed by atoms with Crippen molar-refractivity contribution in [2.75, 3.05) is 26.1 Å². The number of nitrogens with two attached hydrogens (primary N) is 1. The van der Waals surface area contributed by atoms with Gasteiger partial charge in [-0.3, -0.25) is 15.6 Å². The summed E-state index contributed by atoms with van der Waals surface area (Å²) in [6.07, 6.45) is 7.83. The molecule has 0 saturated heterocycles. The topological polar surface area (TPSA) is 83.3 Å². The number of nitrogen functional groups attached to an aromatic ring is 1. The Morgan fingerprint density at radius 2 is 2.15 bits per heavy atom. The molecule has 20 heavy (non-hydrogen) atoms. The van der Waals surface area contributed by atoms with Crippen molar-refractivity contribution in [2.45, 2.75) is 31.2 Å². The Morgan fingerprint density at radius 1 is 1.45 bits per heavy atom. The van der Waals surface area contributed by atoms with Gasteiger partial charge in [0.2, 0.25) is 0 Å². The van der Waals surface area contributed by atoms with Crippen molar-refractivity contribution in [2.24, 2.45) is 5.84 Å². The lowest BCUT2D eigenvalue weighted by atomic mass is 9.96. The van der Waals surface area contributed by atoms with Gasteiger partial charge in [0.15, 0.2) is 0 Å². The highest BCUT2D eigenvalue weighted by molar-refractivity contribution is 5.99. The number of hydrazine groups is 1. The van der Waals surface area contributed by atoms with Crippen LogP contribution < -0.4 is 16.6 Å². The van der Waals surface area contributed by atoms with Crippen molar-refractivity contribution >= 4 is 11.6 Å². The van der Waals surface area contributed by atoms with Crippen LogP contribution in [0.4, 0.5) is 5.69 Å². The van der Waals surface area contributed by atoms with Gasteiger partial charge in [-0.05, 0) is 33.0 Å². The number of likely N-dealkylation sites (N-methyl/N-ethyl adjacent to an activating group) is 1. The number of anilines is 1. The average Bonchev–Trinajstić information content (AvgIpc) is 2.95. The fourth-order valence-electron chi connectivity index (χ4n) is 2.86. The zero-order valence-electron chi connectivity index (χ0n) is 12.1. The molecule has 0 unspecified atom stereocenters. The van der Waals surface area contributed by atoms with E-state index in [9.17, 15) is 4.79 Å². The molecule has 0 aromatic carbocycles. The molecule has 1 aromatic rings. The fourth-order valence-corrected chi connectivity index (χ4v) is 2.86. The van der Waals surface area contributed by atoms with Crippen LogP contribution in [-0.4, -0.2) is 42.0 Å². The normalized spacial score (nSPS) is 17.2.